The molecule has 2 rings (SSSR count). The third-order valence-corrected chi connectivity index (χ3v) is 4.33. The van der Waals surface area contributed by atoms with Crippen LogP contribution in [0.3, 0.4) is 0 Å². The minimum absolute atomic E-state index is 0.00870. The lowest BCUT2D eigenvalue weighted by molar-refractivity contribution is -0.132. The fraction of sp³-hybridized carbons (Fsp3) is 0.583. The summed E-state index contributed by atoms with van der Waals surface area (Å²) in [4.78, 5) is 15.3. The maximum Gasteiger partial charge on any atom is 0.230 e. The molecule has 0 aliphatic carbocycles. The van der Waals surface area contributed by atoms with Crippen LogP contribution in [0.5, 0.6) is 0 Å². The quantitative estimate of drug-likeness (QED) is 0.869. The first-order valence-corrected chi connectivity index (χ1v) is 6.59. The van der Waals surface area contributed by atoms with E-state index in [2.05, 4.69) is 5.32 Å². The summed E-state index contributed by atoms with van der Waals surface area (Å²) in [5.41, 5.74) is 0. The number of nitrogens with zero attached hydrogens (tertiary/aromatic N) is 1. The van der Waals surface area contributed by atoms with Crippen LogP contribution in [0.1, 0.15) is 24.1 Å². The van der Waals surface area contributed by atoms with Crippen molar-refractivity contribution in [3.8, 4) is 0 Å². The summed E-state index contributed by atoms with van der Waals surface area (Å²) in [7, 11) is 1.92. The Bertz CT molecular complexity index is 344. The van der Waals surface area contributed by atoms with Crippen molar-refractivity contribution in [1.29, 1.82) is 0 Å². The normalized spacial score (nSPS) is 22.0. The third kappa shape index (κ3) is 2.28. The second kappa shape index (κ2) is 4.97. The number of hydrogen-bond acceptors (Lipinski definition) is 3. The summed E-state index contributed by atoms with van der Waals surface area (Å²) < 4.78 is 0. The second-order valence-electron chi connectivity index (χ2n) is 4.33. The molecule has 0 spiro atoms. The fourth-order valence-electron chi connectivity index (χ4n) is 2.11. The molecule has 2 atom stereocenters. The Balaban J connectivity index is 2.01. The average Bonchev–Trinajstić information content (AvgIpc) is 2.97. The van der Waals surface area contributed by atoms with Crippen molar-refractivity contribution in [1.82, 2.24) is 10.2 Å². The predicted octanol–water partition coefficient (Wildman–Crippen LogP) is 1.67. The highest BCUT2D eigenvalue weighted by Crippen LogP contribution is 2.23. The fourth-order valence-corrected chi connectivity index (χ4v) is 2.89. The maximum atomic E-state index is 12.2. The van der Waals surface area contributed by atoms with Gasteiger partial charge in [0.25, 0.3) is 0 Å². The van der Waals surface area contributed by atoms with E-state index in [4.69, 9.17) is 0 Å². The van der Waals surface area contributed by atoms with Crippen molar-refractivity contribution < 1.29 is 4.79 Å². The molecule has 2 unspecified atom stereocenters. The van der Waals surface area contributed by atoms with Gasteiger partial charge in [-0.3, -0.25) is 4.79 Å². The maximum absolute atomic E-state index is 12.2. The molecule has 0 aromatic carbocycles. The molecule has 0 bridgehead atoms. The van der Waals surface area contributed by atoms with Crippen molar-refractivity contribution in [2.45, 2.75) is 25.3 Å². The number of carbonyl (C=O) groups excluding carboxylic acids is 1. The minimum Gasteiger partial charge on any atom is -0.341 e. The van der Waals surface area contributed by atoms with Crippen LogP contribution < -0.4 is 5.32 Å². The van der Waals surface area contributed by atoms with E-state index < -0.39 is 0 Å². The topological polar surface area (TPSA) is 32.3 Å². The summed E-state index contributed by atoms with van der Waals surface area (Å²) in [5.74, 6) is 0.224. The number of rotatable bonds is 3. The summed E-state index contributed by atoms with van der Waals surface area (Å²) in [6, 6.07) is 4.41. The van der Waals surface area contributed by atoms with E-state index in [-0.39, 0.29) is 11.8 Å². The molecule has 1 aliphatic heterocycles. The van der Waals surface area contributed by atoms with Gasteiger partial charge in [0, 0.05) is 24.5 Å². The number of amides is 1. The molecule has 88 valence electrons. The molecule has 16 heavy (non-hydrogen) atoms. The van der Waals surface area contributed by atoms with Crippen molar-refractivity contribution in [2.24, 2.45) is 0 Å². The molecule has 0 saturated carbocycles. The lowest BCUT2D eigenvalue weighted by Crippen LogP contribution is -2.40. The zero-order valence-corrected chi connectivity index (χ0v) is 10.6. The van der Waals surface area contributed by atoms with E-state index in [1.807, 2.05) is 36.4 Å². The third-order valence-electron chi connectivity index (χ3n) is 3.27. The highest BCUT2D eigenvalue weighted by molar-refractivity contribution is 7.10. The number of nitrogens with one attached hydrogen (secondary N) is 1. The molecule has 1 amide bonds. The van der Waals surface area contributed by atoms with Crippen molar-refractivity contribution >= 4 is 17.2 Å². The van der Waals surface area contributed by atoms with Gasteiger partial charge < -0.3 is 10.2 Å². The zero-order valence-electron chi connectivity index (χ0n) is 9.77. The standard InChI is InChI=1S/C12H18N2OS/c1-9(11-4-3-7-16-11)12(15)14(2)10-5-6-13-8-10/h3-4,7,9-10,13H,5-6,8H2,1-2H3. The molecule has 2 heterocycles. The highest BCUT2D eigenvalue weighted by Gasteiger charge is 2.27. The molecule has 0 radical (unpaired) electrons. The van der Waals surface area contributed by atoms with E-state index >= 15 is 0 Å². The van der Waals surface area contributed by atoms with Crippen molar-refractivity contribution in [3.05, 3.63) is 22.4 Å². The number of thiophene rings is 1. The molecule has 1 aromatic heterocycles. The Morgan fingerprint density at radius 3 is 3.06 bits per heavy atom. The van der Waals surface area contributed by atoms with Crippen molar-refractivity contribution in [2.75, 3.05) is 20.1 Å². The molecular formula is C12H18N2OS. The van der Waals surface area contributed by atoms with Gasteiger partial charge in [-0.25, -0.2) is 0 Å². The molecule has 1 aliphatic rings. The van der Waals surface area contributed by atoms with Gasteiger partial charge in [0.1, 0.15) is 0 Å². The molecule has 1 fully saturated rings. The Morgan fingerprint density at radius 1 is 1.69 bits per heavy atom. The van der Waals surface area contributed by atoms with Crippen LogP contribution in [0.15, 0.2) is 17.5 Å². The summed E-state index contributed by atoms with van der Waals surface area (Å²) in [6.07, 6.45) is 1.07. The van der Waals surface area contributed by atoms with Gasteiger partial charge in [-0.2, -0.15) is 0 Å². The van der Waals surface area contributed by atoms with Crippen LogP contribution in [0.2, 0.25) is 0 Å². The summed E-state index contributed by atoms with van der Waals surface area (Å²) in [5, 5.41) is 5.31. The van der Waals surface area contributed by atoms with E-state index in [0.29, 0.717) is 6.04 Å². The lowest BCUT2D eigenvalue weighted by atomic mass is 10.1. The van der Waals surface area contributed by atoms with Gasteiger partial charge >= 0.3 is 0 Å². The van der Waals surface area contributed by atoms with E-state index in [1.54, 1.807) is 11.3 Å². The van der Waals surface area contributed by atoms with Crippen LogP contribution >= 0.6 is 11.3 Å². The van der Waals surface area contributed by atoms with Crippen molar-refractivity contribution in [3.63, 3.8) is 0 Å². The first-order valence-electron chi connectivity index (χ1n) is 5.71. The van der Waals surface area contributed by atoms with E-state index in [9.17, 15) is 4.79 Å². The lowest BCUT2D eigenvalue weighted by Gasteiger charge is -2.26. The molecule has 4 heteroatoms. The summed E-state index contributed by atoms with van der Waals surface area (Å²) in [6.45, 7) is 3.95. The Hall–Kier alpha value is -0.870. The Labute approximate surface area is 100 Å². The first-order chi connectivity index (χ1) is 7.70. The molecular weight excluding hydrogens is 220 g/mol. The highest BCUT2D eigenvalue weighted by atomic mass is 32.1. The molecule has 1 saturated heterocycles. The average molecular weight is 238 g/mol. The smallest absolute Gasteiger partial charge is 0.230 e. The number of hydrogen-bond donors (Lipinski definition) is 1. The SMILES string of the molecule is CC(C(=O)N(C)C1CCNC1)c1cccs1. The molecule has 1 N–H and O–H groups in total. The zero-order chi connectivity index (χ0) is 11.5. The van der Waals surface area contributed by atoms with Gasteiger partial charge in [0.15, 0.2) is 0 Å². The first kappa shape index (κ1) is 11.6. The van der Waals surface area contributed by atoms with Crippen LogP contribution in [0, 0.1) is 0 Å². The second-order valence-corrected chi connectivity index (χ2v) is 5.31. The van der Waals surface area contributed by atoms with Crippen LogP contribution in [0.25, 0.3) is 0 Å². The molecule has 3 nitrogen and oxygen atoms in total. The minimum atomic E-state index is -0.00870. The Kier molecular flexibility index (Phi) is 3.61. The number of carbonyl (C=O) groups is 1. The van der Waals surface area contributed by atoms with Gasteiger partial charge in [-0.1, -0.05) is 6.07 Å². The van der Waals surface area contributed by atoms with Gasteiger partial charge in [0.2, 0.25) is 5.91 Å². The number of likely N-dealkylation sites (N-methyl/N-ethyl adjacent to an activating group) is 1. The van der Waals surface area contributed by atoms with Gasteiger partial charge in [0.05, 0.1) is 5.92 Å². The monoisotopic (exact) mass is 238 g/mol. The Morgan fingerprint density at radius 2 is 2.50 bits per heavy atom. The predicted molar refractivity (Wildman–Crippen MR) is 66.8 cm³/mol. The largest absolute Gasteiger partial charge is 0.341 e. The summed E-state index contributed by atoms with van der Waals surface area (Å²) >= 11 is 1.66. The molecule has 1 aromatic rings. The van der Waals surface area contributed by atoms with Crippen LogP contribution in [-0.2, 0) is 4.79 Å². The van der Waals surface area contributed by atoms with E-state index in [0.717, 1.165) is 24.4 Å². The van der Waals surface area contributed by atoms with Gasteiger partial charge in [-0.05, 0) is 31.3 Å². The van der Waals surface area contributed by atoms with E-state index in [1.165, 1.54) is 0 Å². The van der Waals surface area contributed by atoms with Crippen LogP contribution in [-0.4, -0.2) is 37.0 Å². The van der Waals surface area contributed by atoms with Crippen LogP contribution in [0.4, 0.5) is 0 Å². The van der Waals surface area contributed by atoms with Gasteiger partial charge in [-0.15, -0.1) is 11.3 Å².